The van der Waals surface area contributed by atoms with Crippen LogP contribution in [0, 0.1) is 11.3 Å². The standard InChI is InChI=1S/C16H15BrN2O/c1-20-15-8-7-13(11-14(15)17)16(19-10-9-18)12-5-3-2-4-6-12/h2-8,11,16,19H,10H2,1H3/t16-/m1/s1. The summed E-state index contributed by atoms with van der Waals surface area (Å²) >= 11 is 3.50. The second-order valence-corrected chi connectivity index (χ2v) is 5.13. The molecular formula is C16H15BrN2O. The van der Waals surface area contributed by atoms with Gasteiger partial charge in [-0.15, -0.1) is 0 Å². The molecule has 0 aliphatic heterocycles. The van der Waals surface area contributed by atoms with E-state index in [1.165, 1.54) is 0 Å². The largest absolute Gasteiger partial charge is 0.496 e. The third-order valence-electron chi connectivity index (χ3n) is 3.03. The molecule has 0 spiro atoms. The molecule has 0 amide bonds. The number of hydrogen-bond donors (Lipinski definition) is 1. The van der Waals surface area contributed by atoms with Gasteiger partial charge in [-0.3, -0.25) is 5.32 Å². The molecular weight excluding hydrogens is 316 g/mol. The SMILES string of the molecule is COc1ccc([C@H](NCC#N)c2ccccc2)cc1Br. The van der Waals surface area contributed by atoms with Gasteiger partial charge in [0.15, 0.2) is 0 Å². The average molecular weight is 331 g/mol. The minimum atomic E-state index is -0.0157. The molecule has 1 atom stereocenters. The fraction of sp³-hybridized carbons (Fsp3) is 0.188. The highest BCUT2D eigenvalue weighted by molar-refractivity contribution is 9.10. The van der Waals surface area contributed by atoms with Crippen molar-refractivity contribution < 1.29 is 4.74 Å². The van der Waals surface area contributed by atoms with E-state index in [0.29, 0.717) is 6.54 Å². The molecule has 2 rings (SSSR count). The van der Waals surface area contributed by atoms with E-state index in [2.05, 4.69) is 27.3 Å². The average Bonchev–Trinajstić information content (AvgIpc) is 2.49. The smallest absolute Gasteiger partial charge is 0.133 e. The monoisotopic (exact) mass is 330 g/mol. The van der Waals surface area contributed by atoms with E-state index in [1.54, 1.807) is 7.11 Å². The van der Waals surface area contributed by atoms with Gasteiger partial charge >= 0.3 is 0 Å². The summed E-state index contributed by atoms with van der Waals surface area (Å²) < 4.78 is 6.15. The highest BCUT2D eigenvalue weighted by Crippen LogP contribution is 2.30. The topological polar surface area (TPSA) is 45.0 Å². The van der Waals surface area contributed by atoms with Gasteiger partial charge in [0, 0.05) is 0 Å². The number of methoxy groups -OCH3 is 1. The fourth-order valence-corrected chi connectivity index (χ4v) is 2.64. The number of nitriles is 1. The molecule has 2 aromatic rings. The van der Waals surface area contributed by atoms with Crippen LogP contribution in [0.2, 0.25) is 0 Å². The van der Waals surface area contributed by atoms with E-state index in [0.717, 1.165) is 21.3 Å². The molecule has 0 fully saturated rings. The molecule has 2 aromatic carbocycles. The lowest BCUT2D eigenvalue weighted by Gasteiger charge is -2.19. The summed E-state index contributed by atoms with van der Waals surface area (Å²) in [5, 5.41) is 12.0. The maximum Gasteiger partial charge on any atom is 0.133 e. The Kier molecular flexibility index (Phi) is 5.16. The number of halogens is 1. The molecule has 0 saturated carbocycles. The Bertz CT molecular complexity index is 608. The molecule has 102 valence electrons. The molecule has 20 heavy (non-hydrogen) atoms. The van der Waals surface area contributed by atoms with Gasteiger partial charge in [-0.05, 0) is 39.2 Å². The molecule has 4 heteroatoms. The van der Waals surface area contributed by atoms with Crippen LogP contribution in [0.25, 0.3) is 0 Å². The van der Waals surface area contributed by atoms with Crippen LogP contribution >= 0.6 is 15.9 Å². The maximum absolute atomic E-state index is 8.80. The summed E-state index contributed by atoms with van der Waals surface area (Å²) in [5.41, 5.74) is 2.21. The molecule has 0 radical (unpaired) electrons. The second kappa shape index (κ2) is 7.09. The summed E-state index contributed by atoms with van der Waals surface area (Å²) in [5.74, 6) is 0.792. The van der Waals surface area contributed by atoms with Crippen LogP contribution in [0.15, 0.2) is 53.0 Å². The van der Waals surface area contributed by atoms with Gasteiger partial charge in [-0.25, -0.2) is 0 Å². The molecule has 3 nitrogen and oxygen atoms in total. The van der Waals surface area contributed by atoms with Crippen molar-refractivity contribution in [1.29, 1.82) is 5.26 Å². The predicted octanol–water partition coefficient (Wildman–Crippen LogP) is 3.66. The van der Waals surface area contributed by atoms with Crippen molar-refractivity contribution in [3.63, 3.8) is 0 Å². The van der Waals surface area contributed by atoms with Crippen molar-refractivity contribution in [3.05, 3.63) is 64.1 Å². The third kappa shape index (κ3) is 3.38. The summed E-state index contributed by atoms with van der Waals surface area (Å²) in [4.78, 5) is 0. The summed E-state index contributed by atoms with van der Waals surface area (Å²) in [6.07, 6.45) is 0. The molecule has 0 aliphatic carbocycles. The molecule has 0 unspecified atom stereocenters. The Morgan fingerprint density at radius 2 is 1.95 bits per heavy atom. The van der Waals surface area contributed by atoms with Gasteiger partial charge in [0.1, 0.15) is 5.75 Å². The van der Waals surface area contributed by atoms with Gasteiger partial charge in [0.05, 0.1) is 30.2 Å². The quantitative estimate of drug-likeness (QED) is 0.851. The number of hydrogen-bond acceptors (Lipinski definition) is 3. The Morgan fingerprint density at radius 1 is 1.20 bits per heavy atom. The van der Waals surface area contributed by atoms with Crippen LogP contribution in [0.3, 0.4) is 0 Å². The first-order chi connectivity index (χ1) is 9.76. The number of rotatable bonds is 5. The van der Waals surface area contributed by atoms with E-state index in [1.807, 2.05) is 48.5 Å². The zero-order chi connectivity index (χ0) is 14.4. The van der Waals surface area contributed by atoms with Gasteiger partial charge < -0.3 is 4.74 Å². The summed E-state index contributed by atoms with van der Waals surface area (Å²) in [6.45, 7) is 0.295. The lowest BCUT2D eigenvalue weighted by molar-refractivity contribution is 0.412. The van der Waals surface area contributed by atoms with Crippen LogP contribution < -0.4 is 10.1 Å². The lowest BCUT2D eigenvalue weighted by atomic mass is 9.98. The molecule has 0 bridgehead atoms. The highest BCUT2D eigenvalue weighted by atomic mass is 79.9. The third-order valence-corrected chi connectivity index (χ3v) is 3.65. The van der Waals surface area contributed by atoms with E-state index >= 15 is 0 Å². The molecule has 0 aromatic heterocycles. The van der Waals surface area contributed by atoms with Crippen LogP contribution in [-0.4, -0.2) is 13.7 Å². The minimum Gasteiger partial charge on any atom is -0.496 e. The number of benzene rings is 2. The van der Waals surface area contributed by atoms with E-state index in [4.69, 9.17) is 10.00 Å². The van der Waals surface area contributed by atoms with Crippen LogP contribution in [0.1, 0.15) is 17.2 Å². The summed E-state index contributed by atoms with van der Waals surface area (Å²) in [6, 6.07) is 18.1. The van der Waals surface area contributed by atoms with Crippen LogP contribution in [0.5, 0.6) is 5.75 Å². The second-order valence-electron chi connectivity index (χ2n) is 4.28. The fourth-order valence-electron chi connectivity index (χ4n) is 2.08. The number of ether oxygens (including phenoxy) is 1. The van der Waals surface area contributed by atoms with Crippen molar-refractivity contribution in [2.24, 2.45) is 0 Å². The van der Waals surface area contributed by atoms with E-state index in [9.17, 15) is 0 Å². The van der Waals surface area contributed by atoms with E-state index < -0.39 is 0 Å². The summed E-state index contributed by atoms with van der Waals surface area (Å²) in [7, 11) is 1.64. The van der Waals surface area contributed by atoms with Crippen molar-refractivity contribution in [2.45, 2.75) is 6.04 Å². The van der Waals surface area contributed by atoms with Crippen molar-refractivity contribution >= 4 is 15.9 Å². The van der Waals surface area contributed by atoms with Crippen molar-refractivity contribution in [3.8, 4) is 11.8 Å². The van der Waals surface area contributed by atoms with Crippen molar-refractivity contribution in [1.82, 2.24) is 5.32 Å². The Hall–Kier alpha value is -1.83. The molecule has 0 heterocycles. The maximum atomic E-state index is 8.80. The van der Waals surface area contributed by atoms with Gasteiger partial charge in [-0.2, -0.15) is 5.26 Å². The minimum absolute atomic E-state index is 0.0157. The molecule has 0 aliphatic rings. The zero-order valence-electron chi connectivity index (χ0n) is 11.1. The van der Waals surface area contributed by atoms with Gasteiger partial charge in [0.25, 0.3) is 0 Å². The first-order valence-corrected chi connectivity index (χ1v) is 7.04. The molecule has 1 N–H and O–H groups in total. The van der Waals surface area contributed by atoms with Crippen LogP contribution in [0.4, 0.5) is 0 Å². The van der Waals surface area contributed by atoms with E-state index in [-0.39, 0.29) is 6.04 Å². The highest BCUT2D eigenvalue weighted by Gasteiger charge is 2.14. The zero-order valence-corrected chi connectivity index (χ0v) is 12.7. The Labute approximate surface area is 127 Å². The Morgan fingerprint density at radius 3 is 2.55 bits per heavy atom. The Balaban J connectivity index is 2.36. The van der Waals surface area contributed by atoms with Crippen LogP contribution in [-0.2, 0) is 0 Å². The lowest BCUT2D eigenvalue weighted by Crippen LogP contribution is -2.22. The molecule has 0 saturated heterocycles. The van der Waals surface area contributed by atoms with Crippen molar-refractivity contribution in [2.75, 3.05) is 13.7 Å². The first-order valence-electron chi connectivity index (χ1n) is 6.25. The van der Waals surface area contributed by atoms with Gasteiger partial charge in [0.2, 0.25) is 0 Å². The normalized spacial score (nSPS) is 11.7. The predicted molar refractivity (Wildman–Crippen MR) is 82.6 cm³/mol. The van der Waals surface area contributed by atoms with Gasteiger partial charge in [-0.1, -0.05) is 36.4 Å². The first kappa shape index (κ1) is 14.6. The number of nitrogens with zero attached hydrogens (tertiary/aromatic N) is 1. The number of nitrogens with one attached hydrogen (secondary N) is 1.